The number of rotatable bonds is 1. The van der Waals surface area contributed by atoms with Gasteiger partial charge in [-0.1, -0.05) is 0 Å². The molecule has 17 heavy (non-hydrogen) atoms. The maximum atomic E-state index is 11.2. The lowest BCUT2D eigenvalue weighted by Gasteiger charge is -2.26. The van der Waals surface area contributed by atoms with Crippen LogP contribution < -0.4 is 14.4 Å². The number of anilines is 1. The van der Waals surface area contributed by atoms with E-state index in [1.165, 1.54) is 0 Å². The zero-order chi connectivity index (χ0) is 11.8. The predicted molar refractivity (Wildman–Crippen MR) is 55.9 cm³/mol. The van der Waals surface area contributed by atoms with E-state index in [9.17, 15) is 9.59 Å². The molecule has 2 heterocycles. The van der Waals surface area contributed by atoms with Crippen LogP contribution in [-0.4, -0.2) is 31.8 Å². The number of fused-ring (bicyclic) bond motifs is 1. The smallest absolute Gasteiger partial charge is 0.333 e. The molecule has 0 bridgehead atoms. The van der Waals surface area contributed by atoms with Crippen LogP contribution in [0.5, 0.6) is 11.5 Å². The Morgan fingerprint density at radius 3 is 2.47 bits per heavy atom. The van der Waals surface area contributed by atoms with Crippen molar-refractivity contribution in [2.24, 2.45) is 0 Å². The molecule has 0 N–H and O–H groups in total. The first kappa shape index (κ1) is 9.95. The van der Waals surface area contributed by atoms with Crippen molar-refractivity contribution >= 4 is 17.6 Å². The lowest BCUT2D eigenvalue weighted by Crippen LogP contribution is -2.42. The topological polar surface area (TPSA) is 65.1 Å². The minimum Gasteiger partial charge on any atom is -0.454 e. The maximum absolute atomic E-state index is 11.2. The number of cyclic esters (lactones) is 2. The fourth-order valence-corrected chi connectivity index (χ4v) is 1.82. The van der Waals surface area contributed by atoms with Gasteiger partial charge in [0.05, 0.1) is 0 Å². The van der Waals surface area contributed by atoms with E-state index in [2.05, 4.69) is 4.74 Å². The average molecular weight is 235 g/mol. The lowest BCUT2D eigenvalue weighted by molar-refractivity contribution is -0.160. The van der Waals surface area contributed by atoms with Crippen molar-refractivity contribution in [2.45, 2.75) is 0 Å². The highest BCUT2D eigenvalue weighted by Crippen LogP contribution is 2.35. The summed E-state index contributed by atoms with van der Waals surface area (Å²) in [5.74, 6) is 0.200. The van der Waals surface area contributed by atoms with Crippen molar-refractivity contribution in [2.75, 3.05) is 24.8 Å². The number of benzene rings is 1. The van der Waals surface area contributed by atoms with Crippen molar-refractivity contribution in [3.05, 3.63) is 18.2 Å². The number of nitrogens with zero attached hydrogens (tertiary/aromatic N) is 1. The summed E-state index contributed by atoms with van der Waals surface area (Å²) in [6.45, 7) is 0.316. The molecule has 0 saturated carbocycles. The summed E-state index contributed by atoms with van der Waals surface area (Å²) >= 11 is 0. The number of carbonyl (C=O) groups excluding carboxylic acids is 2. The second-order valence-electron chi connectivity index (χ2n) is 3.74. The van der Waals surface area contributed by atoms with E-state index in [-0.39, 0.29) is 19.9 Å². The van der Waals surface area contributed by atoms with Crippen LogP contribution in [0.1, 0.15) is 0 Å². The Bertz CT molecular complexity index is 483. The highest BCUT2D eigenvalue weighted by molar-refractivity contribution is 5.94. The predicted octanol–water partition coefficient (Wildman–Crippen LogP) is 0.305. The van der Waals surface area contributed by atoms with E-state index < -0.39 is 11.9 Å². The summed E-state index contributed by atoms with van der Waals surface area (Å²) in [5.41, 5.74) is 0.735. The van der Waals surface area contributed by atoms with Crippen molar-refractivity contribution in [3.63, 3.8) is 0 Å². The summed E-state index contributed by atoms with van der Waals surface area (Å²) in [4.78, 5) is 23.9. The van der Waals surface area contributed by atoms with Crippen LogP contribution in [0, 0.1) is 0 Å². The molecule has 1 aromatic carbocycles. The van der Waals surface area contributed by atoms with Crippen LogP contribution >= 0.6 is 0 Å². The van der Waals surface area contributed by atoms with Gasteiger partial charge in [0, 0.05) is 11.8 Å². The molecule has 6 heteroatoms. The number of carbonyl (C=O) groups is 2. The van der Waals surface area contributed by atoms with Crippen molar-refractivity contribution in [3.8, 4) is 11.5 Å². The van der Waals surface area contributed by atoms with Gasteiger partial charge in [0.15, 0.2) is 11.5 Å². The zero-order valence-corrected chi connectivity index (χ0v) is 8.84. The van der Waals surface area contributed by atoms with E-state index in [1.807, 2.05) is 0 Å². The van der Waals surface area contributed by atoms with E-state index in [0.29, 0.717) is 11.5 Å². The molecule has 1 saturated heterocycles. The molecular formula is C11H9NO5. The van der Waals surface area contributed by atoms with E-state index in [1.54, 1.807) is 23.1 Å². The van der Waals surface area contributed by atoms with Crippen LogP contribution in [-0.2, 0) is 14.3 Å². The molecule has 0 atom stereocenters. The van der Waals surface area contributed by atoms with Gasteiger partial charge in [0.1, 0.15) is 13.1 Å². The third-order valence-corrected chi connectivity index (χ3v) is 2.59. The summed E-state index contributed by atoms with van der Waals surface area (Å²) < 4.78 is 14.9. The van der Waals surface area contributed by atoms with Crippen LogP contribution in [0.2, 0.25) is 0 Å². The van der Waals surface area contributed by atoms with Gasteiger partial charge in [0.2, 0.25) is 6.79 Å². The van der Waals surface area contributed by atoms with Gasteiger partial charge >= 0.3 is 11.9 Å². The number of hydrogen-bond acceptors (Lipinski definition) is 6. The zero-order valence-electron chi connectivity index (χ0n) is 8.84. The summed E-state index contributed by atoms with van der Waals surface area (Å²) in [6, 6.07) is 5.27. The van der Waals surface area contributed by atoms with E-state index >= 15 is 0 Å². The van der Waals surface area contributed by atoms with Crippen molar-refractivity contribution in [1.82, 2.24) is 0 Å². The first-order valence-corrected chi connectivity index (χ1v) is 5.10. The molecule has 88 valence electrons. The Labute approximate surface area is 96.7 Å². The van der Waals surface area contributed by atoms with Gasteiger partial charge in [-0.25, -0.2) is 9.59 Å². The van der Waals surface area contributed by atoms with E-state index in [0.717, 1.165) is 5.69 Å². The van der Waals surface area contributed by atoms with Gasteiger partial charge in [-0.15, -0.1) is 0 Å². The standard InChI is InChI=1S/C11H9NO5/c13-10-4-12(5-11(14)17-10)7-1-2-8-9(3-7)16-6-15-8/h1-3H,4-6H2. The Morgan fingerprint density at radius 1 is 1.00 bits per heavy atom. The number of hydrogen-bond donors (Lipinski definition) is 0. The fraction of sp³-hybridized carbons (Fsp3) is 0.273. The highest BCUT2D eigenvalue weighted by Gasteiger charge is 2.26. The normalized spacial score (nSPS) is 18.2. The molecule has 0 spiro atoms. The molecule has 1 fully saturated rings. The molecule has 3 rings (SSSR count). The molecule has 2 aliphatic heterocycles. The van der Waals surface area contributed by atoms with E-state index in [4.69, 9.17) is 9.47 Å². The summed E-state index contributed by atoms with van der Waals surface area (Å²) in [7, 11) is 0. The molecule has 0 unspecified atom stereocenters. The summed E-state index contributed by atoms with van der Waals surface area (Å²) in [6.07, 6.45) is 0. The monoisotopic (exact) mass is 235 g/mol. The van der Waals surface area contributed by atoms with Gasteiger partial charge in [0.25, 0.3) is 0 Å². The fourth-order valence-electron chi connectivity index (χ4n) is 1.82. The average Bonchev–Trinajstić information content (AvgIpc) is 2.74. The molecule has 0 radical (unpaired) electrons. The first-order chi connectivity index (χ1) is 8.22. The molecular weight excluding hydrogens is 226 g/mol. The minimum atomic E-state index is -0.543. The number of esters is 2. The van der Waals surface area contributed by atoms with Gasteiger partial charge in [-0.3, -0.25) is 0 Å². The Balaban J connectivity index is 1.88. The highest BCUT2D eigenvalue weighted by atomic mass is 16.7. The van der Waals surface area contributed by atoms with Crippen LogP contribution in [0.4, 0.5) is 5.69 Å². The number of ether oxygens (including phenoxy) is 3. The lowest BCUT2D eigenvalue weighted by atomic mass is 10.2. The SMILES string of the molecule is O=C1CN(c2ccc3c(c2)OCO3)CC(=O)O1. The van der Waals surface area contributed by atoms with Gasteiger partial charge in [-0.2, -0.15) is 0 Å². The second kappa shape index (κ2) is 3.65. The van der Waals surface area contributed by atoms with Crippen LogP contribution in [0.25, 0.3) is 0 Å². The third-order valence-electron chi connectivity index (χ3n) is 2.59. The Hall–Kier alpha value is -2.24. The molecule has 0 aromatic heterocycles. The molecule has 6 nitrogen and oxygen atoms in total. The van der Waals surface area contributed by atoms with Crippen LogP contribution in [0.15, 0.2) is 18.2 Å². The number of morpholine rings is 1. The summed E-state index contributed by atoms with van der Waals surface area (Å²) in [5, 5.41) is 0. The molecule has 0 amide bonds. The van der Waals surface area contributed by atoms with Crippen molar-refractivity contribution < 1.29 is 23.8 Å². The molecule has 2 aliphatic rings. The maximum Gasteiger partial charge on any atom is 0.333 e. The first-order valence-electron chi connectivity index (χ1n) is 5.10. The van der Waals surface area contributed by atoms with Crippen LogP contribution in [0.3, 0.4) is 0 Å². The van der Waals surface area contributed by atoms with Gasteiger partial charge in [-0.05, 0) is 12.1 Å². The molecule has 0 aliphatic carbocycles. The molecule has 1 aromatic rings. The largest absolute Gasteiger partial charge is 0.454 e. The minimum absolute atomic E-state index is 0.0609. The third kappa shape index (κ3) is 1.77. The second-order valence-corrected chi connectivity index (χ2v) is 3.74. The van der Waals surface area contributed by atoms with Gasteiger partial charge < -0.3 is 19.1 Å². The Morgan fingerprint density at radius 2 is 1.71 bits per heavy atom. The quantitative estimate of drug-likeness (QED) is 0.515. The van der Waals surface area contributed by atoms with Crippen molar-refractivity contribution in [1.29, 1.82) is 0 Å². The Kier molecular flexibility index (Phi) is 2.14.